The SMILES string of the molecule is O=S(=O)(c1ccccc1)N1CC[C@@H](O)[C@](O)(Cn2ccnc2)C1. The van der Waals surface area contributed by atoms with E-state index in [4.69, 9.17) is 0 Å². The number of nitrogens with zero attached hydrogens (tertiary/aromatic N) is 3. The Bertz CT molecular complexity index is 748. The van der Waals surface area contributed by atoms with E-state index in [1.807, 2.05) is 0 Å². The molecule has 0 unspecified atom stereocenters. The van der Waals surface area contributed by atoms with Crippen LogP contribution in [0.1, 0.15) is 6.42 Å². The van der Waals surface area contributed by atoms with Crippen molar-refractivity contribution >= 4 is 10.0 Å². The molecule has 1 saturated heterocycles. The van der Waals surface area contributed by atoms with Gasteiger partial charge in [0.15, 0.2) is 0 Å². The second-order valence-electron chi connectivity index (χ2n) is 5.79. The van der Waals surface area contributed by atoms with E-state index in [-0.39, 0.29) is 31.0 Å². The van der Waals surface area contributed by atoms with Gasteiger partial charge in [0.25, 0.3) is 0 Å². The van der Waals surface area contributed by atoms with Gasteiger partial charge < -0.3 is 14.8 Å². The third kappa shape index (κ3) is 3.16. The van der Waals surface area contributed by atoms with Crippen molar-refractivity contribution in [1.82, 2.24) is 13.9 Å². The number of aliphatic hydroxyl groups is 2. The predicted molar refractivity (Wildman–Crippen MR) is 83.0 cm³/mol. The molecule has 2 N–H and O–H groups in total. The third-order valence-electron chi connectivity index (χ3n) is 4.12. The number of sulfonamides is 1. The summed E-state index contributed by atoms with van der Waals surface area (Å²) in [5.74, 6) is 0. The summed E-state index contributed by atoms with van der Waals surface area (Å²) in [6.07, 6.45) is 3.94. The minimum Gasteiger partial charge on any atom is -0.390 e. The van der Waals surface area contributed by atoms with Crippen LogP contribution in [-0.2, 0) is 16.6 Å². The Balaban J connectivity index is 1.85. The largest absolute Gasteiger partial charge is 0.390 e. The van der Waals surface area contributed by atoms with Gasteiger partial charge in [0.05, 0.1) is 23.9 Å². The van der Waals surface area contributed by atoms with Crippen LogP contribution in [-0.4, -0.2) is 57.3 Å². The fourth-order valence-electron chi connectivity index (χ4n) is 2.82. The number of hydrogen-bond acceptors (Lipinski definition) is 5. The first-order chi connectivity index (χ1) is 10.9. The molecule has 3 rings (SSSR count). The van der Waals surface area contributed by atoms with Crippen molar-refractivity contribution in [3.05, 3.63) is 49.1 Å². The molecule has 1 aliphatic rings. The smallest absolute Gasteiger partial charge is 0.243 e. The van der Waals surface area contributed by atoms with Gasteiger partial charge in [-0.3, -0.25) is 0 Å². The number of imidazole rings is 1. The summed E-state index contributed by atoms with van der Waals surface area (Å²) < 4.78 is 28.3. The van der Waals surface area contributed by atoms with Gasteiger partial charge in [0, 0.05) is 25.5 Å². The standard InChI is InChI=1S/C15H19N3O4S/c19-14-6-8-18(23(21,22)13-4-2-1-3-5-13)11-15(14,20)10-17-9-7-16-12-17/h1-5,7,9,12,14,19-20H,6,8,10-11H2/t14-,15+/m1/s1. The van der Waals surface area contributed by atoms with E-state index in [0.29, 0.717) is 0 Å². The molecule has 2 atom stereocenters. The average Bonchev–Trinajstić information content (AvgIpc) is 3.03. The van der Waals surface area contributed by atoms with Gasteiger partial charge in [-0.05, 0) is 18.6 Å². The minimum absolute atomic E-state index is 0.0783. The second-order valence-corrected chi connectivity index (χ2v) is 7.73. The van der Waals surface area contributed by atoms with Gasteiger partial charge in [0.2, 0.25) is 10.0 Å². The van der Waals surface area contributed by atoms with Gasteiger partial charge in [-0.2, -0.15) is 4.31 Å². The summed E-state index contributed by atoms with van der Waals surface area (Å²) in [4.78, 5) is 4.08. The molecular formula is C15H19N3O4S. The van der Waals surface area contributed by atoms with Crippen molar-refractivity contribution in [2.75, 3.05) is 13.1 Å². The maximum Gasteiger partial charge on any atom is 0.243 e. The van der Waals surface area contributed by atoms with Gasteiger partial charge >= 0.3 is 0 Å². The first-order valence-electron chi connectivity index (χ1n) is 7.33. The van der Waals surface area contributed by atoms with Crippen molar-refractivity contribution in [2.24, 2.45) is 0 Å². The molecule has 1 aromatic heterocycles. The van der Waals surface area contributed by atoms with Crippen molar-refractivity contribution in [1.29, 1.82) is 0 Å². The molecule has 1 aromatic carbocycles. The van der Waals surface area contributed by atoms with Crippen molar-refractivity contribution in [2.45, 2.75) is 29.6 Å². The lowest BCUT2D eigenvalue weighted by atomic mass is 9.91. The first kappa shape index (κ1) is 16.1. The molecule has 8 heteroatoms. The summed E-state index contributed by atoms with van der Waals surface area (Å²) in [6.45, 7) is 0.0865. The van der Waals surface area contributed by atoms with E-state index in [1.165, 1.54) is 22.8 Å². The molecule has 7 nitrogen and oxygen atoms in total. The average molecular weight is 337 g/mol. The number of hydrogen-bond donors (Lipinski definition) is 2. The zero-order valence-electron chi connectivity index (χ0n) is 12.5. The zero-order chi connectivity index (χ0) is 16.5. The Kier molecular flexibility index (Phi) is 4.24. The van der Waals surface area contributed by atoms with Gasteiger partial charge in [-0.25, -0.2) is 13.4 Å². The van der Waals surface area contributed by atoms with Crippen LogP contribution in [0.3, 0.4) is 0 Å². The Morgan fingerprint density at radius 2 is 2.04 bits per heavy atom. The number of β-amino-alcohol motifs (C(OH)–C–C–N with tert-alkyl or cyclic N) is 1. The lowest BCUT2D eigenvalue weighted by Gasteiger charge is -2.42. The van der Waals surface area contributed by atoms with Crippen LogP contribution in [0.2, 0.25) is 0 Å². The summed E-state index contributed by atoms with van der Waals surface area (Å²) in [6, 6.07) is 8.10. The summed E-state index contributed by atoms with van der Waals surface area (Å²) >= 11 is 0. The number of piperidine rings is 1. The highest BCUT2D eigenvalue weighted by Gasteiger charge is 2.45. The molecule has 0 saturated carbocycles. The molecule has 0 radical (unpaired) electrons. The molecule has 0 aliphatic carbocycles. The molecule has 0 bridgehead atoms. The Morgan fingerprint density at radius 1 is 1.30 bits per heavy atom. The van der Waals surface area contributed by atoms with E-state index < -0.39 is 21.7 Å². The van der Waals surface area contributed by atoms with Crippen LogP contribution < -0.4 is 0 Å². The third-order valence-corrected chi connectivity index (χ3v) is 5.98. The van der Waals surface area contributed by atoms with Crippen molar-refractivity contribution in [3.8, 4) is 0 Å². The topological polar surface area (TPSA) is 95.7 Å². The van der Waals surface area contributed by atoms with E-state index in [2.05, 4.69) is 4.98 Å². The molecule has 0 spiro atoms. The number of aliphatic hydroxyl groups excluding tert-OH is 1. The first-order valence-corrected chi connectivity index (χ1v) is 8.77. The molecule has 1 fully saturated rings. The maximum atomic E-state index is 12.7. The lowest BCUT2D eigenvalue weighted by molar-refractivity contribution is -0.115. The monoisotopic (exact) mass is 337 g/mol. The van der Waals surface area contributed by atoms with E-state index in [1.54, 1.807) is 35.2 Å². The molecule has 0 amide bonds. The highest BCUT2D eigenvalue weighted by molar-refractivity contribution is 7.89. The summed E-state index contributed by atoms with van der Waals surface area (Å²) in [7, 11) is -3.70. The molecule has 2 aromatic rings. The molecular weight excluding hydrogens is 318 g/mol. The number of benzene rings is 1. The molecule has 2 heterocycles. The fourth-order valence-corrected chi connectivity index (χ4v) is 4.36. The van der Waals surface area contributed by atoms with Crippen LogP contribution in [0.4, 0.5) is 0 Å². The predicted octanol–water partition coefficient (Wildman–Crippen LogP) is 0.0697. The van der Waals surface area contributed by atoms with Gasteiger partial charge in [-0.1, -0.05) is 18.2 Å². The van der Waals surface area contributed by atoms with E-state index in [9.17, 15) is 18.6 Å². The minimum atomic E-state index is -3.70. The highest BCUT2D eigenvalue weighted by atomic mass is 32.2. The normalized spacial score (nSPS) is 26.3. The van der Waals surface area contributed by atoms with Gasteiger partial charge in [0.1, 0.15) is 5.60 Å². The van der Waals surface area contributed by atoms with Gasteiger partial charge in [-0.15, -0.1) is 0 Å². The Morgan fingerprint density at radius 3 is 2.70 bits per heavy atom. The van der Waals surface area contributed by atoms with Crippen LogP contribution in [0.5, 0.6) is 0 Å². The van der Waals surface area contributed by atoms with Crippen LogP contribution >= 0.6 is 0 Å². The Labute approximate surface area is 134 Å². The fraction of sp³-hybridized carbons (Fsp3) is 0.400. The number of aromatic nitrogens is 2. The van der Waals surface area contributed by atoms with E-state index >= 15 is 0 Å². The molecule has 1 aliphatic heterocycles. The quantitative estimate of drug-likeness (QED) is 0.823. The van der Waals surface area contributed by atoms with E-state index in [0.717, 1.165) is 0 Å². The van der Waals surface area contributed by atoms with Crippen molar-refractivity contribution < 1.29 is 18.6 Å². The summed E-state index contributed by atoms with van der Waals surface area (Å²) in [5.41, 5.74) is -1.55. The van der Waals surface area contributed by atoms with Crippen molar-refractivity contribution in [3.63, 3.8) is 0 Å². The maximum absolute atomic E-state index is 12.7. The highest BCUT2D eigenvalue weighted by Crippen LogP contribution is 2.28. The summed E-state index contributed by atoms with van der Waals surface area (Å²) in [5, 5.41) is 21.0. The van der Waals surface area contributed by atoms with Crippen LogP contribution in [0.25, 0.3) is 0 Å². The molecule has 124 valence electrons. The second kappa shape index (κ2) is 6.04. The van der Waals surface area contributed by atoms with Crippen LogP contribution in [0.15, 0.2) is 53.9 Å². The molecule has 23 heavy (non-hydrogen) atoms. The van der Waals surface area contributed by atoms with Crippen LogP contribution in [0, 0.1) is 0 Å². The number of rotatable bonds is 4. The lowest BCUT2D eigenvalue weighted by Crippen LogP contribution is -2.59. The Hall–Kier alpha value is -1.74. The zero-order valence-corrected chi connectivity index (χ0v) is 13.3.